The van der Waals surface area contributed by atoms with Gasteiger partial charge >= 0.3 is 0 Å². The molecule has 0 fully saturated rings. The molecule has 0 saturated heterocycles. The van der Waals surface area contributed by atoms with Gasteiger partial charge in [-0.3, -0.25) is 0 Å². The molecule has 0 unspecified atom stereocenters. The van der Waals surface area contributed by atoms with Gasteiger partial charge in [-0.15, -0.1) is 0 Å². The largest absolute Gasteiger partial charge is 0.238 e. The molecule has 0 aromatic heterocycles. The highest BCUT2D eigenvalue weighted by atomic mass is 32.2. The molecule has 3 nitrogen and oxygen atoms in total. The van der Waals surface area contributed by atoms with Crippen LogP contribution in [0.15, 0.2) is 29.2 Å². The Balaban J connectivity index is 2.86. The van der Waals surface area contributed by atoms with Crippen molar-refractivity contribution in [1.82, 2.24) is 0 Å². The third-order valence-electron chi connectivity index (χ3n) is 3.49. The molecule has 0 atom stereocenters. The van der Waals surface area contributed by atoms with E-state index in [2.05, 4.69) is 19.9 Å². The van der Waals surface area contributed by atoms with Crippen LogP contribution >= 0.6 is 0 Å². The molecule has 0 bridgehead atoms. The molecular formula is C15H19NO2S. The number of rotatable bonds is 2. The van der Waals surface area contributed by atoms with E-state index in [0.29, 0.717) is 5.92 Å². The topological polar surface area (TPSA) is 60.2 Å². The maximum absolute atomic E-state index is 11.7. The van der Waals surface area contributed by atoms with Gasteiger partial charge in [0.25, 0.3) is 0 Å². The quantitative estimate of drug-likeness (QED) is 0.916. The van der Waals surface area contributed by atoms with E-state index in [-0.39, 0.29) is 4.90 Å². The second-order valence-electron chi connectivity index (χ2n) is 5.34. The van der Waals surface area contributed by atoms with E-state index in [1.807, 2.05) is 26.0 Å². The van der Waals surface area contributed by atoms with Crippen molar-refractivity contribution in [2.45, 2.75) is 38.5 Å². The van der Waals surface area contributed by atoms with Gasteiger partial charge in [-0.25, -0.2) is 13.6 Å². The zero-order valence-electron chi connectivity index (χ0n) is 11.7. The number of hydrogen-bond donors (Lipinski definition) is 1. The lowest BCUT2D eigenvalue weighted by Crippen LogP contribution is -2.12. The van der Waals surface area contributed by atoms with Crippen molar-refractivity contribution < 1.29 is 8.42 Å². The summed E-state index contributed by atoms with van der Waals surface area (Å²) in [5.41, 5.74) is 4.77. The summed E-state index contributed by atoms with van der Waals surface area (Å²) in [4.78, 5) is 0.225. The Morgan fingerprint density at radius 2 is 1.68 bits per heavy atom. The van der Waals surface area contributed by atoms with Gasteiger partial charge in [-0.05, 0) is 48.1 Å². The zero-order chi connectivity index (χ0) is 14.4. The summed E-state index contributed by atoms with van der Waals surface area (Å²) in [7, 11) is -3.69. The Morgan fingerprint density at radius 3 is 2.21 bits per heavy atom. The van der Waals surface area contributed by atoms with Gasteiger partial charge in [-0.2, -0.15) is 0 Å². The van der Waals surface area contributed by atoms with Gasteiger partial charge in [-0.1, -0.05) is 32.0 Å². The second kappa shape index (κ2) is 4.62. The fourth-order valence-corrected chi connectivity index (χ4v) is 3.27. The van der Waals surface area contributed by atoms with Gasteiger partial charge in [0.1, 0.15) is 0 Å². The first-order chi connectivity index (χ1) is 8.71. The van der Waals surface area contributed by atoms with E-state index in [1.165, 1.54) is 5.56 Å². The number of sulfonamides is 1. The van der Waals surface area contributed by atoms with Crippen LogP contribution in [0.1, 0.15) is 36.5 Å². The van der Waals surface area contributed by atoms with Gasteiger partial charge in [0, 0.05) is 5.56 Å². The summed E-state index contributed by atoms with van der Waals surface area (Å²) in [6, 6.07) is 7.74. The molecule has 2 N–H and O–H groups in total. The van der Waals surface area contributed by atoms with E-state index in [1.54, 1.807) is 6.07 Å². The van der Waals surface area contributed by atoms with E-state index in [9.17, 15) is 8.42 Å². The van der Waals surface area contributed by atoms with Crippen molar-refractivity contribution in [3.8, 4) is 11.1 Å². The predicted molar refractivity (Wildman–Crippen MR) is 78.0 cm³/mol. The van der Waals surface area contributed by atoms with Crippen LogP contribution in [0.3, 0.4) is 0 Å². The van der Waals surface area contributed by atoms with Crippen molar-refractivity contribution in [1.29, 1.82) is 0 Å². The zero-order valence-corrected chi connectivity index (χ0v) is 12.5. The van der Waals surface area contributed by atoms with Crippen LogP contribution in [-0.4, -0.2) is 8.42 Å². The Kier molecular flexibility index (Phi) is 3.41. The molecule has 0 saturated carbocycles. The van der Waals surface area contributed by atoms with Crippen LogP contribution in [0.2, 0.25) is 0 Å². The molecule has 2 rings (SSSR count). The minimum Gasteiger partial charge on any atom is -0.225 e. The van der Waals surface area contributed by atoms with Crippen LogP contribution in [-0.2, 0) is 10.0 Å². The highest BCUT2D eigenvalue weighted by molar-refractivity contribution is 7.89. The monoisotopic (exact) mass is 277 g/mol. The average Bonchev–Trinajstić information content (AvgIpc) is 2.50. The first-order valence-electron chi connectivity index (χ1n) is 6.28. The van der Waals surface area contributed by atoms with Crippen molar-refractivity contribution >= 4 is 10.0 Å². The van der Waals surface area contributed by atoms with E-state index in [4.69, 9.17) is 5.14 Å². The lowest BCUT2D eigenvalue weighted by atomic mass is 10.0. The van der Waals surface area contributed by atoms with Gasteiger partial charge in [0.15, 0.2) is 0 Å². The predicted octanol–water partition coefficient (Wildman–Crippen LogP) is 3.18. The number of aryl methyl sites for hydroxylation is 2. The molecule has 0 aromatic carbocycles. The third kappa shape index (κ3) is 2.51. The Hall–Kier alpha value is -1.39. The number of hydrogen-bond acceptors (Lipinski definition) is 2. The minimum absolute atomic E-state index is 0.225. The van der Waals surface area contributed by atoms with Gasteiger partial charge in [0.2, 0.25) is 10.0 Å². The number of fused-ring (bicyclic) bond motifs is 1. The normalized spacial score (nSPS) is 12.3. The lowest BCUT2D eigenvalue weighted by Gasteiger charge is -2.04. The fourth-order valence-electron chi connectivity index (χ4n) is 2.37. The molecule has 0 aromatic rings. The highest BCUT2D eigenvalue weighted by Gasteiger charge is 2.22. The highest BCUT2D eigenvalue weighted by Crippen LogP contribution is 2.37. The van der Waals surface area contributed by atoms with E-state index in [0.717, 1.165) is 22.3 Å². The van der Waals surface area contributed by atoms with Gasteiger partial charge in [0.05, 0.1) is 4.90 Å². The standard InChI is InChI=1S/C15H19NO2S/c1-9(2)12-6-5-10(3)15-13(8-12)11(4)7-14(15)19(16,17)18/h5-9H,1-4H3,(H2,16,17,18). The average molecular weight is 277 g/mol. The molecule has 0 amide bonds. The van der Waals surface area contributed by atoms with Crippen LogP contribution in [0.5, 0.6) is 0 Å². The maximum Gasteiger partial charge on any atom is 0.238 e. The summed E-state index contributed by atoms with van der Waals surface area (Å²) in [6.45, 7) is 8.08. The molecule has 102 valence electrons. The molecule has 19 heavy (non-hydrogen) atoms. The van der Waals surface area contributed by atoms with E-state index < -0.39 is 10.0 Å². The number of nitrogens with two attached hydrogens (primary N) is 1. The van der Waals surface area contributed by atoms with Crippen molar-refractivity contribution in [3.63, 3.8) is 0 Å². The molecule has 2 aliphatic rings. The fraction of sp³-hybridized carbons (Fsp3) is 0.333. The molecule has 0 aliphatic heterocycles. The molecule has 4 heteroatoms. The van der Waals surface area contributed by atoms with Crippen molar-refractivity contribution in [2.24, 2.45) is 5.14 Å². The first-order valence-corrected chi connectivity index (χ1v) is 7.83. The smallest absolute Gasteiger partial charge is 0.225 e. The number of primary sulfonamides is 1. The summed E-state index contributed by atoms with van der Waals surface area (Å²) >= 11 is 0. The minimum atomic E-state index is -3.69. The van der Waals surface area contributed by atoms with Gasteiger partial charge < -0.3 is 0 Å². The molecule has 0 spiro atoms. The molecule has 0 heterocycles. The Bertz CT molecular complexity index is 703. The van der Waals surface area contributed by atoms with Crippen LogP contribution in [0, 0.1) is 13.8 Å². The Morgan fingerprint density at radius 1 is 1.05 bits per heavy atom. The lowest BCUT2D eigenvalue weighted by molar-refractivity contribution is 0.598. The molecule has 0 radical (unpaired) electrons. The summed E-state index contributed by atoms with van der Waals surface area (Å²) < 4.78 is 23.4. The Labute approximate surface area is 114 Å². The SMILES string of the molecule is Cc1cc(S(N)(=O)=O)c2c(C)ccc(C(C)C)cc1-2. The van der Waals surface area contributed by atoms with Crippen LogP contribution < -0.4 is 5.14 Å². The van der Waals surface area contributed by atoms with Crippen LogP contribution in [0.25, 0.3) is 11.1 Å². The summed E-state index contributed by atoms with van der Waals surface area (Å²) in [6.07, 6.45) is 0. The third-order valence-corrected chi connectivity index (χ3v) is 4.43. The second-order valence-corrected chi connectivity index (χ2v) is 6.87. The van der Waals surface area contributed by atoms with E-state index >= 15 is 0 Å². The summed E-state index contributed by atoms with van der Waals surface area (Å²) in [5.74, 6) is 0.391. The molecule has 2 aliphatic carbocycles. The van der Waals surface area contributed by atoms with Crippen molar-refractivity contribution in [3.05, 3.63) is 41.0 Å². The first kappa shape index (κ1) is 14.0. The van der Waals surface area contributed by atoms with Crippen LogP contribution in [0.4, 0.5) is 0 Å². The maximum atomic E-state index is 11.7. The van der Waals surface area contributed by atoms with Crippen molar-refractivity contribution in [2.75, 3.05) is 0 Å². The molecular weight excluding hydrogens is 258 g/mol. The summed E-state index contributed by atoms with van der Waals surface area (Å²) in [5, 5.41) is 5.32.